The second-order valence-electron chi connectivity index (χ2n) is 7.43. The smallest absolute Gasteiger partial charge is 0.254 e. The van der Waals surface area contributed by atoms with Gasteiger partial charge in [-0.25, -0.2) is 4.98 Å². The molecule has 1 aromatic carbocycles. The number of carbonyl (C=O) groups excluding carboxylic acids is 1. The molecular formula is C23H32N4O. The number of aryl methyl sites for hydroxylation is 1. The molecule has 1 N–H and O–H groups in total. The van der Waals surface area contributed by atoms with E-state index in [1.165, 1.54) is 18.5 Å². The number of hydrogen-bond donors (Lipinski definition) is 1. The van der Waals surface area contributed by atoms with Gasteiger partial charge in [0.1, 0.15) is 5.82 Å². The summed E-state index contributed by atoms with van der Waals surface area (Å²) < 4.78 is 0. The standard InChI is InChI=1S/C23H32N4O/c1-4-26(5-2)20-10-11-21(18(3)16-20)25-22-17-19(12-13-24-22)23(28)27-14-8-6-7-9-15-27/h10-13,16-17H,4-9,14-15H2,1-3H3,(H,24,25). The molecule has 3 rings (SSSR count). The molecule has 0 spiro atoms. The Labute approximate surface area is 168 Å². The number of anilines is 3. The van der Waals surface area contributed by atoms with Gasteiger partial charge < -0.3 is 15.1 Å². The molecular weight excluding hydrogens is 348 g/mol. The summed E-state index contributed by atoms with van der Waals surface area (Å²) in [6.45, 7) is 10.1. The minimum absolute atomic E-state index is 0.112. The van der Waals surface area contributed by atoms with E-state index in [2.05, 4.69) is 54.2 Å². The Bertz CT molecular complexity index is 793. The summed E-state index contributed by atoms with van der Waals surface area (Å²) in [7, 11) is 0. The molecule has 28 heavy (non-hydrogen) atoms. The third-order valence-electron chi connectivity index (χ3n) is 5.50. The maximum Gasteiger partial charge on any atom is 0.254 e. The molecule has 0 bridgehead atoms. The molecule has 1 fully saturated rings. The zero-order valence-corrected chi connectivity index (χ0v) is 17.4. The number of nitrogens with zero attached hydrogens (tertiary/aromatic N) is 3. The van der Waals surface area contributed by atoms with Crippen molar-refractivity contribution in [1.29, 1.82) is 0 Å². The Kier molecular flexibility index (Phi) is 6.90. The van der Waals surface area contributed by atoms with E-state index in [-0.39, 0.29) is 5.91 Å². The lowest BCUT2D eigenvalue weighted by molar-refractivity contribution is 0.0761. The third kappa shape index (κ3) is 4.83. The average molecular weight is 381 g/mol. The second-order valence-corrected chi connectivity index (χ2v) is 7.43. The van der Waals surface area contributed by atoms with Gasteiger partial charge in [0.25, 0.3) is 5.91 Å². The molecule has 5 heteroatoms. The predicted octanol–water partition coefficient (Wildman–Crippen LogP) is 5.00. The number of likely N-dealkylation sites (tertiary alicyclic amines) is 1. The summed E-state index contributed by atoms with van der Waals surface area (Å²) in [6, 6.07) is 10.1. The summed E-state index contributed by atoms with van der Waals surface area (Å²) in [5.74, 6) is 0.820. The van der Waals surface area contributed by atoms with Crippen molar-refractivity contribution in [3.05, 3.63) is 47.7 Å². The summed E-state index contributed by atoms with van der Waals surface area (Å²) in [5, 5.41) is 3.38. The number of nitrogens with one attached hydrogen (secondary N) is 1. The highest BCUT2D eigenvalue weighted by Gasteiger charge is 2.18. The first-order valence-electron chi connectivity index (χ1n) is 10.5. The van der Waals surface area contributed by atoms with Gasteiger partial charge in [-0.05, 0) is 69.5 Å². The van der Waals surface area contributed by atoms with Crippen LogP contribution < -0.4 is 10.2 Å². The minimum Gasteiger partial charge on any atom is -0.372 e. The predicted molar refractivity (Wildman–Crippen MR) is 117 cm³/mol. The van der Waals surface area contributed by atoms with Crippen LogP contribution in [-0.2, 0) is 0 Å². The van der Waals surface area contributed by atoms with E-state index in [9.17, 15) is 4.79 Å². The monoisotopic (exact) mass is 380 g/mol. The van der Waals surface area contributed by atoms with Crippen LogP contribution in [0.3, 0.4) is 0 Å². The topological polar surface area (TPSA) is 48.5 Å². The number of pyridine rings is 1. The molecule has 0 atom stereocenters. The second kappa shape index (κ2) is 9.58. The van der Waals surface area contributed by atoms with Crippen LogP contribution in [0.4, 0.5) is 17.2 Å². The normalized spacial score (nSPS) is 14.5. The van der Waals surface area contributed by atoms with Gasteiger partial charge in [-0.15, -0.1) is 0 Å². The third-order valence-corrected chi connectivity index (χ3v) is 5.50. The van der Waals surface area contributed by atoms with Gasteiger partial charge in [-0.1, -0.05) is 12.8 Å². The maximum atomic E-state index is 12.9. The first-order chi connectivity index (χ1) is 13.6. The van der Waals surface area contributed by atoms with Gasteiger partial charge in [0, 0.05) is 49.3 Å². The zero-order valence-electron chi connectivity index (χ0n) is 17.4. The van der Waals surface area contributed by atoms with Crippen LogP contribution >= 0.6 is 0 Å². The van der Waals surface area contributed by atoms with Gasteiger partial charge in [0.05, 0.1) is 0 Å². The number of hydrogen-bond acceptors (Lipinski definition) is 4. The van der Waals surface area contributed by atoms with Crippen molar-refractivity contribution in [2.24, 2.45) is 0 Å². The Morgan fingerprint density at radius 3 is 2.43 bits per heavy atom. The van der Waals surface area contributed by atoms with Gasteiger partial charge in [-0.3, -0.25) is 4.79 Å². The molecule has 0 saturated carbocycles. The number of carbonyl (C=O) groups is 1. The highest BCUT2D eigenvalue weighted by molar-refractivity contribution is 5.95. The Morgan fingerprint density at radius 1 is 1.07 bits per heavy atom. The molecule has 1 amide bonds. The van der Waals surface area contributed by atoms with Crippen LogP contribution in [0, 0.1) is 6.92 Å². The quantitative estimate of drug-likeness (QED) is 0.766. The van der Waals surface area contributed by atoms with Crippen LogP contribution in [0.1, 0.15) is 55.5 Å². The lowest BCUT2D eigenvalue weighted by atomic mass is 10.1. The SMILES string of the molecule is CCN(CC)c1ccc(Nc2cc(C(=O)N3CCCCCC3)ccn2)c(C)c1. The van der Waals surface area contributed by atoms with Gasteiger partial charge >= 0.3 is 0 Å². The van der Waals surface area contributed by atoms with Crippen molar-refractivity contribution in [2.45, 2.75) is 46.5 Å². The largest absolute Gasteiger partial charge is 0.372 e. The fourth-order valence-corrected chi connectivity index (χ4v) is 3.80. The van der Waals surface area contributed by atoms with Crippen molar-refractivity contribution in [3.63, 3.8) is 0 Å². The molecule has 1 aliphatic rings. The van der Waals surface area contributed by atoms with Crippen molar-refractivity contribution in [1.82, 2.24) is 9.88 Å². The van der Waals surface area contributed by atoms with E-state index in [0.717, 1.165) is 50.3 Å². The van der Waals surface area contributed by atoms with E-state index in [1.807, 2.05) is 17.0 Å². The lowest BCUT2D eigenvalue weighted by Gasteiger charge is -2.22. The van der Waals surface area contributed by atoms with Gasteiger partial charge in [0.15, 0.2) is 0 Å². The summed E-state index contributed by atoms with van der Waals surface area (Å²) in [4.78, 5) is 21.6. The molecule has 1 saturated heterocycles. The fourth-order valence-electron chi connectivity index (χ4n) is 3.80. The van der Waals surface area contributed by atoms with E-state index >= 15 is 0 Å². The minimum atomic E-state index is 0.112. The molecule has 1 aliphatic heterocycles. The first kappa shape index (κ1) is 20.2. The first-order valence-corrected chi connectivity index (χ1v) is 10.5. The van der Waals surface area contributed by atoms with Crippen molar-refractivity contribution in [3.8, 4) is 0 Å². The summed E-state index contributed by atoms with van der Waals surface area (Å²) in [5.41, 5.74) is 4.11. The molecule has 0 aliphatic carbocycles. The number of amides is 1. The van der Waals surface area contributed by atoms with E-state index in [4.69, 9.17) is 0 Å². The number of benzene rings is 1. The Balaban J connectivity index is 1.74. The molecule has 5 nitrogen and oxygen atoms in total. The number of rotatable bonds is 6. The zero-order chi connectivity index (χ0) is 19.9. The lowest BCUT2D eigenvalue weighted by Crippen LogP contribution is -2.31. The molecule has 0 unspecified atom stereocenters. The molecule has 1 aromatic heterocycles. The molecule has 2 heterocycles. The van der Waals surface area contributed by atoms with Crippen LogP contribution in [0.15, 0.2) is 36.5 Å². The number of aromatic nitrogens is 1. The van der Waals surface area contributed by atoms with Gasteiger partial charge in [0.2, 0.25) is 0 Å². The van der Waals surface area contributed by atoms with E-state index < -0.39 is 0 Å². The van der Waals surface area contributed by atoms with Crippen LogP contribution in [0.25, 0.3) is 0 Å². The van der Waals surface area contributed by atoms with Crippen molar-refractivity contribution in [2.75, 3.05) is 36.4 Å². The highest BCUT2D eigenvalue weighted by Crippen LogP contribution is 2.25. The summed E-state index contributed by atoms with van der Waals surface area (Å²) >= 11 is 0. The van der Waals surface area contributed by atoms with Crippen molar-refractivity contribution < 1.29 is 4.79 Å². The van der Waals surface area contributed by atoms with Crippen LogP contribution in [-0.4, -0.2) is 42.0 Å². The molecule has 0 radical (unpaired) electrons. The highest BCUT2D eigenvalue weighted by atomic mass is 16.2. The molecule has 2 aromatic rings. The fraction of sp³-hybridized carbons (Fsp3) is 0.478. The summed E-state index contributed by atoms with van der Waals surface area (Å²) in [6.07, 6.45) is 6.35. The average Bonchev–Trinajstić information content (AvgIpc) is 3.00. The van der Waals surface area contributed by atoms with Gasteiger partial charge in [-0.2, -0.15) is 0 Å². The van der Waals surface area contributed by atoms with Crippen LogP contribution in [0.5, 0.6) is 0 Å². The van der Waals surface area contributed by atoms with E-state index in [1.54, 1.807) is 6.20 Å². The van der Waals surface area contributed by atoms with E-state index in [0.29, 0.717) is 11.4 Å². The Morgan fingerprint density at radius 2 is 1.79 bits per heavy atom. The maximum absolute atomic E-state index is 12.9. The van der Waals surface area contributed by atoms with Crippen molar-refractivity contribution >= 4 is 23.1 Å². The Hall–Kier alpha value is -2.56. The molecule has 150 valence electrons. The van der Waals surface area contributed by atoms with Crippen LogP contribution in [0.2, 0.25) is 0 Å².